The fourth-order valence-electron chi connectivity index (χ4n) is 3.71. The average molecular weight is 379 g/mol. The highest BCUT2D eigenvalue weighted by Crippen LogP contribution is 2.44. The van der Waals surface area contributed by atoms with Crippen molar-refractivity contribution >= 4 is 11.6 Å². The first-order chi connectivity index (χ1) is 12.7. The standard InChI is InChI=1S/C19H25NO7/c1-18(2)24-12-13(25-18)15-17(27-19(3,4)26-15)23-14(12)16(21)20-10-6-8-11(22-5)9-7-10/h6-9,12-15,17H,1-5H3,(H,20,21)/t12-,13-,14+,15+,17-/m0/s1. The molecule has 0 bridgehead atoms. The Balaban J connectivity index is 1.55. The molecule has 3 aliphatic heterocycles. The SMILES string of the molecule is COc1ccc(NC(=O)[C@@H]2O[C@H]3OC(C)(C)O[C@@H]3[C@H]3OC(C)(C)O[C@@H]32)cc1. The van der Waals surface area contributed by atoms with Crippen molar-refractivity contribution < 1.29 is 33.2 Å². The Bertz CT molecular complexity index is 717. The first-order valence-corrected chi connectivity index (χ1v) is 8.99. The zero-order chi connectivity index (χ0) is 19.4. The molecule has 0 radical (unpaired) electrons. The molecule has 0 aromatic heterocycles. The number of benzene rings is 1. The third-order valence-electron chi connectivity index (χ3n) is 4.77. The van der Waals surface area contributed by atoms with Crippen LogP contribution in [-0.4, -0.2) is 55.3 Å². The maximum absolute atomic E-state index is 12.9. The maximum atomic E-state index is 12.9. The molecular weight excluding hydrogens is 354 g/mol. The lowest BCUT2D eigenvalue weighted by molar-refractivity contribution is -0.229. The molecule has 1 aromatic carbocycles. The predicted octanol–water partition coefficient (Wildman–Crippen LogP) is 2.03. The average Bonchev–Trinajstić information content (AvgIpc) is 3.08. The molecule has 0 spiro atoms. The van der Waals surface area contributed by atoms with Crippen LogP contribution in [0.2, 0.25) is 0 Å². The summed E-state index contributed by atoms with van der Waals surface area (Å²) in [5.74, 6) is -1.29. The van der Waals surface area contributed by atoms with Crippen LogP contribution in [0.15, 0.2) is 24.3 Å². The van der Waals surface area contributed by atoms with Gasteiger partial charge in [-0.2, -0.15) is 0 Å². The van der Waals surface area contributed by atoms with Crippen molar-refractivity contribution in [3.63, 3.8) is 0 Å². The number of nitrogens with one attached hydrogen (secondary N) is 1. The third-order valence-corrected chi connectivity index (χ3v) is 4.77. The van der Waals surface area contributed by atoms with Crippen molar-refractivity contribution in [2.24, 2.45) is 0 Å². The Morgan fingerprint density at radius 3 is 2.19 bits per heavy atom. The Hall–Kier alpha value is -1.71. The first-order valence-electron chi connectivity index (χ1n) is 8.99. The molecule has 8 heteroatoms. The fraction of sp³-hybridized carbons (Fsp3) is 0.632. The van der Waals surface area contributed by atoms with Crippen LogP contribution >= 0.6 is 0 Å². The van der Waals surface area contributed by atoms with E-state index in [0.29, 0.717) is 11.4 Å². The van der Waals surface area contributed by atoms with E-state index in [4.69, 9.17) is 28.4 Å². The van der Waals surface area contributed by atoms with Crippen LogP contribution in [0.3, 0.4) is 0 Å². The number of methoxy groups -OCH3 is 1. The molecule has 4 rings (SSSR count). The van der Waals surface area contributed by atoms with E-state index in [1.807, 2.05) is 0 Å². The molecule has 5 atom stereocenters. The van der Waals surface area contributed by atoms with E-state index in [1.54, 1.807) is 59.1 Å². The second-order valence-electron chi connectivity index (χ2n) is 7.81. The van der Waals surface area contributed by atoms with Crippen LogP contribution in [0, 0.1) is 0 Å². The molecular formula is C19H25NO7. The summed E-state index contributed by atoms with van der Waals surface area (Å²) in [6.07, 6.45) is -3.12. The second-order valence-corrected chi connectivity index (χ2v) is 7.81. The van der Waals surface area contributed by atoms with Crippen LogP contribution in [0.25, 0.3) is 0 Å². The van der Waals surface area contributed by atoms with Gasteiger partial charge in [-0.1, -0.05) is 0 Å². The van der Waals surface area contributed by atoms with Crippen LogP contribution in [0.1, 0.15) is 27.7 Å². The van der Waals surface area contributed by atoms with Crippen molar-refractivity contribution in [1.82, 2.24) is 0 Å². The molecule has 1 aromatic rings. The Morgan fingerprint density at radius 1 is 0.926 bits per heavy atom. The molecule has 1 amide bonds. The van der Waals surface area contributed by atoms with E-state index in [0.717, 1.165) is 0 Å². The topological polar surface area (TPSA) is 84.5 Å². The largest absolute Gasteiger partial charge is 0.497 e. The number of ether oxygens (including phenoxy) is 6. The normalized spacial score (nSPS) is 36.0. The Morgan fingerprint density at radius 2 is 1.52 bits per heavy atom. The summed E-state index contributed by atoms with van der Waals surface area (Å²) in [5.41, 5.74) is 0.630. The molecule has 3 saturated heterocycles. The molecule has 1 N–H and O–H groups in total. The summed E-state index contributed by atoms with van der Waals surface area (Å²) < 4.78 is 34.8. The molecule has 3 heterocycles. The summed E-state index contributed by atoms with van der Waals surface area (Å²) in [4.78, 5) is 12.9. The summed E-state index contributed by atoms with van der Waals surface area (Å²) in [6.45, 7) is 7.22. The van der Waals surface area contributed by atoms with E-state index in [1.165, 1.54) is 0 Å². The number of amides is 1. The molecule has 148 valence electrons. The van der Waals surface area contributed by atoms with Crippen molar-refractivity contribution in [1.29, 1.82) is 0 Å². The van der Waals surface area contributed by atoms with E-state index in [2.05, 4.69) is 5.32 Å². The summed E-state index contributed by atoms with van der Waals surface area (Å²) in [6, 6.07) is 7.05. The van der Waals surface area contributed by atoms with Crippen LogP contribution in [0.4, 0.5) is 5.69 Å². The zero-order valence-corrected chi connectivity index (χ0v) is 16.1. The van der Waals surface area contributed by atoms with E-state index >= 15 is 0 Å². The summed E-state index contributed by atoms with van der Waals surface area (Å²) in [7, 11) is 1.59. The van der Waals surface area contributed by atoms with E-state index in [9.17, 15) is 4.79 Å². The van der Waals surface area contributed by atoms with E-state index < -0.39 is 42.3 Å². The quantitative estimate of drug-likeness (QED) is 0.860. The predicted molar refractivity (Wildman–Crippen MR) is 94.1 cm³/mol. The molecule has 3 fully saturated rings. The van der Waals surface area contributed by atoms with Crippen LogP contribution in [-0.2, 0) is 28.5 Å². The maximum Gasteiger partial charge on any atom is 0.256 e. The molecule has 8 nitrogen and oxygen atoms in total. The number of anilines is 1. The highest BCUT2D eigenvalue weighted by atomic mass is 16.9. The third kappa shape index (κ3) is 3.55. The zero-order valence-electron chi connectivity index (χ0n) is 16.1. The number of carbonyl (C=O) groups excluding carboxylic acids is 1. The van der Waals surface area contributed by atoms with Gasteiger partial charge in [0.1, 0.15) is 24.1 Å². The highest BCUT2D eigenvalue weighted by Gasteiger charge is 2.62. The van der Waals surface area contributed by atoms with Gasteiger partial charge in [-0.3, -0.25) is 4.79 Å². The Labute approximate surface area is 158 Å². The Kier molecular flexibility index (Phi) is 4.44. The number of carbonyl (C=O) groups is 1. The fourth-order valence-corrected chi connectivity index (χ4v) is 3.71. The van der Waals surface area contributed by atoms with Gasteiger partial charge in [-0.05, 0) is 52.0 Å². The number of hydrogen-bond acceptors (Lipinski definition) is 7. The lowest BCUT2D eigenvalue weighted by atomic mass is 9.98. The van der Waals surface area contributed by atoms with Crippen LogP contribution in [0.5, 0.6) is 5.75 Å². The van der Waals surface area contributed by atoms with E-state index in [-0.39, 0.29) is 5.91 Å². The minimum Gasteiger partial charge on any atom is -0.497 e. The minimum atomic E-state index is -0.891. The number of fused-ring (bicyclic) bond motifs is 3. The lowest BCUT2D eigenvalue weighted by Gasteiger charge is -2.36. The molecule has 0 saturated carbocycles. The van der Waals surface area contributed by atoms with Gasteiger partial charge in [0, 0.05) is 5.69 Å². The van der Waals surface area contributed by atoms with Gasteiger partial charge in [0.2, 0.25) is 0 Å². The lowest BCUT2D eigenvalue weighted by Crippen LogP contribution is -2.58. The summed E-state index contributed by atoms with van der Waals surface area (Å²) in [5, 5.41) is 2.85. The second kappa shape index (κ2) is 6.42. The number of hydrogen-bond donors (Lipinski definition) is 1. The van der Waals surface area contributed by atoms with Gasteiger partial charge >= 0.3 is 0 Å². The molecule has 27 heavy (non-hydrogen) atoms. The highest BCUT2D eigenvalue weighted by molar-refractivity contribution is 5.94. The molecule has 3 aliphatic rings. The van der Waals surface area contributed by atoms with Gasteiger partial charge in [0.05, 0.1) is 7.11 Å². The van der Waals surface area contributed by atoms with Gasteiger partial charge < -0.3 is 33.7 Å². The van der Waals surface area contributed by atoms with Crippen molar-refractivity contribution in [3.8, 4) is 5.75 Å². The van der Waals surface area contributed by atoms with Gasteiger partial charge in [-0.15, -0.1) is 0 Å². The minimum absolute atomic E-state index is 0.330. The monoisotopic (exact) mass is 379 g/mol. The molecule has 0 aliphatic carbocycles. The first kappa shape index (κ1) is 18.6. The van der Waals surface area contributed by atoms with Crippen molar-refractivity contribution in [2.45, 2.75) is 70.0 Å². The van der Waals surface area contributed by atoms with Gasteiger partial charge in [0.25, 0.3) is 5.91 Å². The van der Waals surface area contributed by atoms with Crippen molar-refractivity contribution in [2.75, 3.05) is 12.4 Å². The number of rotatable bonds is 3. The van der Waals surface area contributed by atoms with Gasteiger partial charge in [0.15, 0.2) is 24.0 Å². The smallest absolute Gasteiger partial charge is 0.256 e. The van der Waals surface area contributed by atoms with Crippen LogP contribution < -0.4 is 10.1 Å². The molecule has 0 unspecified atom stereocenters. The summed E-state index contributed by atoms with van der Waals surface area (Å²) >= 11 is 0. The van der Waals surface area contributed by atoms with Gasteiger partial charge in [-0.25, -0.2) is 0 Å². The van der Waals surface area contributed by atoms with Crippen molar-refractivity contribution in [3.05, 3.63) is 24.3 Å².